The number of nitrogens with zero attached hydrogens (tertiary/aromatic N) is 1. The molecule has 0 unspecified atom stereocenters. The second-order valence-corrected chi connectivity index (χ2v) is 8.80. The Hall–Kier alpha value is -2.17. The van der Waals surface area contributed by atoms with E-state index in [0.717, 1.165) is 17.0 Å². The van der Waals surface area contributed by atoms with Crippen molar-refractivity contribution >= 4 is 33.2 Å². The predicted molar refractivity (Wildman–Crippen MR) is 93.3 cm³/mol. The van der Waals surface area contributed by atoms with Gasteiger partial charge in [-0.2, -0.15) is 4.31 Å². The number of amides is 1. The minimum absolute atomic E-state index is 0.0818. The molecule has 8 nitrogen and oxygen atoms in total. The number of nitrogens with one attached hydrogen (secondary N) is 1. The Balaban J connectivity index is 1.56. The van der Waals surface area contributed by atoms with Crippen molar-refractivity contribution in [3.63, 3.8) is 0 Å². The van der Waals surface area contributed by atoms with E-state index in [1.165, 1.54) is 4.31 Å². The molecule has 0 aliphatic carbocycles. The number of thiophene rings is 1. The van der Waals surface area contributed by atoms with Gasteiger partial charge in [-0.3, -0.25) is 4.79 Å². The van der Waals surface area contributed by atoms with Crippen LogP contribution in [0, 0.1) is 5.92 Å². The number of piperidine rings is 1. The van der Waals surface area contributed by atoms with E-state index in [1.807, 2.05) is 17.5 Å². The number of hydrogen-bond acceptors (Lipinski definition) is 6. The molecule has 0 saturated carbocycles. The van der Waals surface area contributed by atoms with E-state index in [-0.39, 0.29) is 24.9 Å². The first-order chi connectivity index (χ1) is 12.4. The number of hydrogen-bond donors (Lipinski definition) is 2. The highest BCUT2D eigenvalue weighted by atomic mass is 32.2. The minimum atomic E-state index is -3.90. The van der Waals surface area contributed by atoms with Gasteiger partial charge in [-0.15, -0.1) is 11.3 Å². The molecule has 1 saturated heterocycles. The highest BCUT2D eigenvalue weighted by molar-refractivity contribution is 7.89. The van der Waals surface area contributed by atoms with Gasteiger partial charge >= 0.3 is 5.97 Å². The van der Waals surface area contributed by atoms with Crippen LogP contribution in [-0.4, -0.2) is 42.8 Å². The van der Waals surface area contributed by atoms with Gasteiger partial charge in [-0.1, -0.05) is 6.07 Å². The summed E-state index contributed by atoms with van der Waals surface area (Å²) >= 11 is 1.56. The van der Waals surface area contributed by atoms with Crippen LogP contribution in [0.5, 0.6) is 0 Å². The summed E-state index contributed by atoms with van der Waals surface area (Å²) in [6.07, 6.45) is 0.810. The molecule has 1 fully saturated rings. The largest absolute Gasteiger partial charge is 0.475 e. The number of carbonyl (C=O) groups excluding carboxylic acids is 1. The molecule has 2 N–H and O–H groups in total. The first-order valence-corrected chi connectivity index (χ1v) is 10.3. The summed E-state index contributed by atoms with van der Waals surface area (Å²) in [7, 11) is -3.90. The van der Waals surface area contributed by atoms with Crippen LogP contribution in [-0.2, 0) is 21.4 Å². The van der Waals surface area contributed by atoms with Gasteiger partial charge < -0.3 is 14.8 Å². The van der Waals surface area contributed by atoms with Crippen molar-refractivity contribution in [2.45, 2.75) is 24.5 Å². The van der Waals surface area contributed by atoms with Crippen LogP contribution in [0.25, 0.3) is 0 Å². The van der Waals surface area contributed by atoms with Crippen LogP contribution in [0.15, 0.2) is 39.2 Å². The summed E-state index contributed by atoms with van der Waals surface area (Å²) < 4.78 is 31.2. The van der Waals surface area contributed by atoms with Crippen molar-refractivity contribution in [3.05, 3.63) is 40.3 Å². The molecule has 140 valence electrons. The second kappa shape index (κ2) is 7.60. The SMILES string of the molecule is O=C(O)c1ccc(S(=O)(=O)N2CCC(C(=O)NCc3cccs3)CC2)o1. The normalized spacial score (nSPS) is 16.5. The predicted octanol–water partition coefficient (Wildman–Crippen LogP) is 1.76. The average molecular weight is 398 g/mol. The van der Waals surface area contributed by atoms with Crippen LogP contribution in [0.4, 0.5) is 0 Å². The Kier molecular flexibility index (Phi) is 5.44. The lowest BCUT2D eigenvalue weighted by molar-refractivity contribution is -0.126. The Labute approximate surface area is 154 Å². The van der Waals surface area contributed by atoms with E-state index < -0.39 is 26.8 Å². The fourth-order valence-corrected chi connectivity index (χ4v) is 4.82. The number of aromatic carboxylic acids is 1. The van der Waals surface area contributed by atoms with Crippen molar-refractivity contribution in [3.8, 4) is 0 Å². The third-order valence-electron chi connectivity index (χ3n) is 4.23. The smallest absolute Gasteiger partial charge is 0.371 e. The molecule has 26 heavy (non-hydrogen) atoms. The van der Waals surface area contributed by atoms with Gasteiger partial charge in [0.25, 0.3) is 10.0 Å². The lowest BCUT2D eigenvalue weighted by Crippen LogP contribution is -2.42. The first kappa shape index (κ1) is 18.6. The molecule has 1 aliphatic heterocycles. The maximum absolute atomic E-state index is 12.5. The lowest BCUT2D eigenvalue weighted by Gasteiger charge is -2.29. The van der Waals surface area contributed by atoms with Crippen LogP contribution < -0.4 is 5.32 Å². The van der Waals surface area contributed by atoms with Gasteiger partial charge in [0, 0.05) is 23.9 Å². The average Bonchev–Trinajstić information content (AvgIpc) is 3.31. The van der Waals surface area contributed by atoms with Crippen LogP contribution in [0.1, 0.15) is 28.3 Å². The molecule has 0 aromatic carbocycles. The van der Waals surface area contributed by atoms with Crippen LogP contribution in [0.3, 0.4) is 0 Å². The molecule has 2 aromatic rings. The Bertz CT molecular complexity index is 880. The Morgan fingerprint density at radius 1 is 1.27 bits per heavy atom. The number of carbonyl (C=O) groups is 2. The molecule has 3 heterocycles. The van der Waals surface area contributed by atoms with Gasteiger partial charge in [0.2, 0.25) is 16.8 Å². The fraction of sp³-hybridized carbons (Fsp3) is 0.375. The molecule has 10 heteroatoms. The third-order valence-corrected chi connectivity index (χ3v) is 6.88. The zero-order valence-corrected chi connectivity index (χ0v) is 15.4. The molecule has 1 aliphatic rings. The highest BCUT2D eigenvalue weighted by Crippen LogP contribution is 2.25. The van der Waals surface area contributed by atoms with E-state index in [0.29, 0.717) is 19.4 Å². The van der Waals surface area contributed by atoms with Crippen molar-refractivity contribution in [2.75, 3.05) is 13.1 Å². The van der Waals surface area contributed by atoms with Crippen LogP contribution in [0.2, 0.25) is 0 Å². The molecule has 2 aromatic heterocycles. The minimum Gasteiger partial charge on any atom is -0.475 e. The summed E-state index contributed by atoms with van der Waals surface area (Å²) in [5, 5.41) is 13.3. The summed E-state index contributed by atoms with van der Waals surface area (Å²) in [5.74, 6) is -2.08. The summed E-state index contributed by atoms with van der Waals surface area (Å²) in [6.45, 7) is 0.838. The first-order valence-electron chi connectivity index (χ1n) is 8.01. The zero-order chi connectivity index (χ0) is 18.7. The number of carboxylic acids is 1. The van der Waals surface area contributed by atoms with Crippen LogP contribution >= 0.6 is 11.3 Å². The molecule has 1 amide bonds. The number of rotatable bonds is 6. The number of furan rings is 1. The van der Waals surface area contributed by atoms with E-state index in [4.69, 9.17) is 9.52 Å². The van der Waals surface area contributed by atoms with E-state index in [2.05, 4.69) is 5.32 Å². The molecule has 0 spiro atoms. The highest BCUT2D eigenvalue weighted by Gasteiger charge is 2.34. The van der Waals surface area contributed by atoms with E-state index >= 15 is 0 Å². The number of carboxylic acid groups (broad SMARTS) is 1. The van der Waals surface area contributed by atoms with Crippen molar-refractivity contribution in [1.29, 1.82) is 0 Å². The van der Waals surface area contributed by atoms with Crippen molar-refractivity contribution < 1.29 is 27.5 Å². The monoisotopic (exact) mass is 398 g/mol. The molecule has 0 bridgehead atoms. The summed E-state index contributed by atoms with van der Waals surface area (Å²) in [5.41, 5.74) is 0. The van der Waals surface area contributed by atoms with E-state index in [1.54, 1.807) is 11.3 Å². The molecule has 0 atom stereocenters. The quantitative estimate of drug-likeness (QED) is 0.766. The summed E-state index contributed by atoms with van der Waals surface area (Å²) in [4.78, 5) is 24.1. The second-order valence-electron chi connectivity index (χ2n) is 5.90. The molecular formula is C16H18N2O6S2. The van der Waals surface area contributed by atoms with Gasteiger partial charge in [-0.25, -0.2) is 13.2 Å². The van der Waals surface area contributed by atoms with Gasteiger partial charge in [0.05, 0.1) is 6.54 Å². The fourth-order valence-electron chi connectivity index (χ4n) is 2.79. The molecule has 0 radical (unpaired) electrons. The summed E-state index contributed by atoms with van der Waals surface area (Å²) in [6, 6.07) is 6.10. The van der Waals surface area contributed by atoms with Crippen molar-refractivity contribution in [2.24, 2.45) is 5.92 Å². The van der Waals surface area contributed by atoms with Gasteiger partial charge in [0.15, 0.2) is 0 Å². The van der Waals surface area contributed by atoms with Gasteiger partial charge in [0.1, 0.15) is 0 Å². The Morgan fingerprint density at radius 2 is 2.00 bits per heavy atom. The molecule has 3 rings (SSSR count). The number of sulfonamides is 1. The topological polar surface area (TPSA) is 117 Å². The van der Waals surface area contributed by atoms with E-state index in [9.17, 15) is 18.0 Å². The van der Waals surface area contributed by atoms with Gasteiger partial charge in [-0.05, 0) is 36.4 Å². The molecular weight excluding hydrogens is 380 g/mol. The maximum Gasteiger partial charge on any atom is 0.371 e. The van der Waals surface area contributed by atoms with Crippen molar-refractivity contribution in [1.82, 2.24) is 9.62 Å². The third kappa shape index (κ3) is 3.97. The standard InChI is InChI=1S/C16H18N2O6S2/c19-15(17-10-12-2-1-9-25-12)11-5-7-18(8-6-11)26(22,23)14-4-3-13(24-14)16(20)21/h1-4,9,11H,5-8,10H2,(H,17,19)(H,20,21). The Morgan fingerprint density at radius 3 is 2.58 bits per heavy atom. The zero-order valence-electron chi connectivity index (χ0n) is 13.8. The maximum atomic E-state index is 12.5. The lowest BCUT2D eigenvalue weighted by atomic mass is 9.97.